The molecule has 1 atom stereocenters. The Bertz CT molecular complexity index is 278. The fourth-order valence-corrected chi connectivity index (χ4v) is 1.55. The Kier molecular flexibility index (Phi) is 5.90. The van der Waals surface area contributed by atoms with Crippen molar-refractivity contribution in [2.24, 2.45) is 0 Å². The molecule has 1 N–H and O–H groups in total. The summed E-state index contributed by atoms with van der Waals surface area (Å²) < 4.78 is 10.4. The maximum atomic E-state index is 9.17. The minimum absolute atomic E-state index is 0.195. The molecule has 0 aliphatic heterocycles. The Morgan fingerprint density at radius 2 is 1.88 bits per heavy atom. The Labute approximate surface area is 97.0 Å². The van der Waals surface area contributed by atoms with Crippen molar-refractivity contribution in [2.45, 2.75) is 19.3 Å². The van der Waals surface area contributed by atoms with E-state index in [0.717, 1.165) is 17.7 Å². The highest BCUT2D eigenvalue weighted by Gasteiger charge is 2.07. The molecule has 3 nitrogen and oxygen atoms in total. The third kappa shape index (κ3) is 3.83. The predicted molar refractivity (Wildman–Crippen MR) is 63.9 cm³/mol. The number of aliphatic hydroxyl groups is 1. The number of hydrogen-bond donors (Lipinski definition) is 1. The first kappa shape index (κ1) is 13.0. The summed E-state index contributed by atoms with van der Waals surface area (Å²) in [6, 6.07) is 7.88. The molecule has 0 spiro atoms. The Morgan fingerprint density at radius 3 is 2.38 bits per heavy atom. The van der Waals surface area contributed by atoms with Gasteiger partial charge in [0.2, 0.25) is 0 Å². The van der Waals surface area contributed by atoms with Crippen LogP contribution in [0.25, 0.3) is 0 Å². The number of methoxy groups -OCH3 is 1. The number of hydrogen-bond acceptors (Lipinski definition) is 3. The molecule has 1 aromatic rings. The third-order valence-corrected chi connectivity index (χ3v) is 2.62. The van der Waals surface area contributed by atoms with Gasteiger partial charge in [0.25, 0.3) is 0 Å². The van der Waals surface area contributed by atoms with Gasteiger partial charge in [-0.1, -0.05) is 19.1 Å². The highest BCUT2D eigenvalue weighted by molar-refractivity contribution is 5.29. The molecule has 1 rings (SSSR count). The predicted octanol–water partition coefficient (Wildman–Crippen LogP) is 2.20. The molecule has 0 heterocycles. The fourth-order valence-electron chi connectivity index (χ4n) is 1.55. The SMILES string of the molecule is CCC(CO)c1ccc(OCCOC)cc1. The first-order valence-electron chi connectivity index (χ1n) is 5.64. The molecule has 1 aromatic carbocycles. The molecular formula is C13H20O3. The average molecular weight is 224 g/mol. The summed E-state index contributed by atoms with van der Waals surface area (Å²) >= 11 is 0. The summed E-state index contributed by atoms with van der Waals surface area (Å²) in [5.74, 6) is 1.07. The maximum absolute atomic E-state index is 9.17. The Balaban J connectivity index is 2.53. The molecule has 16 heavy (non-hydrogen) atoms. The van der Waals surface area contributed by atoms with Crippen LogP contribution in [-0.2, 0) is 4.74 Å². The van der Waals surface area contributed by atoms with E-state index in [1.807, 2.05) is 24.3 Å². The number of ether oxygens (including phenoxy) is 2. The zero-order valence-corrected chi connectivity index (χ0v) is 9.98. The van der Waals surface area contributed by atoms with Crippen LogP contribution in [0.15, 0.2) is 24.3 Å². The lowest BCUT2D eigenvalue weighted by atomic mass is 9.97. The molecule has 0 saturated carbocycles. The van der Waals surface area contributed by atoms with Crippen molar-refractivity contribution in [3.05, 3.63) is 29.8 Å². The first-order chi connectivity index (χ1) is 7.81. The zero-order chi connectivity index (χ0) is 11.8. The van der Waals surface area contributed by atoms with Crippen molar-refractivity contribution in [1.29, 1.82) is 0 Å². The van der Waals surface area contributed by atoms with Gasteiger partial charge in [0.1, 0.15) is 12.4 Å². The molecule has 0 aromatic heterocycles. The van der Waals surface area contributed by atoms with Gasteiger partial charge in [-0.3, -0.25) is 0 Å². The van der Waals surface area contributed by atoms with Gasteiger partial charge in [-0.25, -0.2) is 0 Å². The van der Waals surface area contributed by atoms with E-state index < -0.39 is 0 Å². The molecule has 0 radical (unpaired) electrons. The van der Waals surface area contributed by atoms with Crippen molar-refractivity contribution in [1.82, 2.24) is 0 Å². The van der Waals surface area contributed by atoms with E-state index in [0.29, 0.717) is 13.2 Å². The van der Waals surface area contributed by atoms with Crippen LogP contribution in [0.2, 0.25) is 0 Å². The van der Waals surface area contributed by atoms with Gasteiger partial charge in [-0.15, -0.1) is 0 Å². The van der Waals surface area contributed by atoms with Crippen LogP contribution >= 0.6 is 0 Å². The number of benzene rings is 1. The van der Waals surface area contributed by atoms with E-state index in [-0.39, 0.29) is 12.5 Å². The number of aliphatic hydroxyl groups excluding tert-OH is 1. The summed E-state index contributed by atoms with van der Waals surface area (Å²) in [6.07, 6.45) is 0.945. The minimum Gasteiger partial charge on any atom is -0.491 e. The van der Waals surface area contributed by atoms with Crippen molar-refractivity contribution in [3.8, 4) is 5.75 Å². The summed E-state index contributed by atoms with van der Waals surface area (Å²) in [6.45, 7) is 3.42. The maximum Gasteiger partial charge on any atom is 0.119 e. The van der Waals surface area contributed by atoms with E-state index in [2.05, 4.69) is 6.92 Å². The summed E-state index contributed by atoms with van der Waals surface area (Å²) in [5, 5.41) is 9.17. The fraction of sp³-hybridized carbons (Fsp3) is 0.538. The summed E-state index contributed by atoms with van der Waals surface area (Å²) in [7, 11) is 1.65. The summed E-state index contributed by atoms with van der Waals surface area (Å²) in [4.78, 5) is 0. The van der Waals surface area contributed by atoms with E-state index >= 15 is 0 Å². The minimum atomic E-state index is 0.195. The second-order valence-corrected chi connectivity index (χ2v) is 3.70. The highest BCUT2D eigenvalue weighted by Crippen LogP contribution is 2.21. The Hall–Kier alpha value is -1.06. The summed E-state index contributed by atoms with van der Waals surface area (Å²) in [5.41, 5.74) is 1.16. The number of rotatable bonds is 7. The van der Waals surface area contributed by atoms with Gasteiger partial charge in [0, 0.05) is 19.6 Å². The standard InChI is InChI=1S/C13H20O3/c1-3-11(10-14)12-4-6-13(7-5-12)16-9-8-15-2/h4-7,11,14H,3,8-10H2,1-2H3. The second kappa shape index (κ2) is 7.25. The van der Waals surface area contributed by atoms with Crippen molar-refractivity contribution >= 4 is 0 Å². The first-order valence-corrected chi connectivity index (χ1v) is 5.64. The van der Waals surface area contributed by atoms with E-state index in [9.17, 15) is 5.11 Å². The third-order valence-electron chi connectivity index (χ3n) is 2.62. The molecule has 1 unspecified atom stereocenters. The topological polar surface area (TPSA) is 38.7 Å². The lowest BCUT2D eigenvalue weighted by Crippen LogP contribution is -2.05. The lowest BCUT2D eigenvalue weighted by Gasteiger charge is -2.12. The largest absolute Gasteiger partial charge is 0.491 e. The molecule has 3 heteroatoms. The molecule has 0 aliphatic rings. The van der Waals surface area contributed by atoms with Crippen LogP contribution in [0.1, 0.15) is 24.8 Å². The molecule has 0 saturated heterocycles. The van der Waals surface area contributed by atoms with Crippen molar-refractivity contribution in [3.63, 3.8) is 0 Å². The smallest absolute Gasteiger partial charge is 0.119 e. The lowest BCUT2D eigenvalue weighted by molar-refractivity contribution is 0.146. The van der Waals surface area contributed by atoms with Crippen LogP contribution in [0.3, 0.4) is 0 Å². The molecule has 0 aliphatic carbocycles. The van der Waals surface area contributed by atoms with Crippen LogP contribution < -0.4 is 4.74 Å². The molecule has 90 valence electrons. The molecular weight excluding hydrogens is 204 g/mol. The van der Waals surface area contributed by atoms with E-state index in [4.69, 9.17) is 9.47 Å². The average Bonchev–Trinajstić information content (AvgIpc) is 2.33. The van der Waals surface area contributed by atoms with Crippen LogP contribution in [-0.4, -0.2) is 32.0 Å². The quantitative estimate of drug-likeness (QED) is 0.722. The van der Waals surface area contributed by atoms with Gasteiger partial charge < -0.3 is 14.6 Å². The zero-order valence-electron chi connectivity index (χ0n) is 9.98. The van der Waals surface area contributed by atoms with Gasteiger partial charge >= 0.3 is 0 Å². The normalized spacial score (nSPS) is 12.4. The van der Waals surface area contributed by atoms with Gasteiger partial charge in [0.15, 0.2) is 0 Å². The van der Waals surface area contributed by atoms with Crippen LogP contribution in [0, 0.1) is 0 Å². The Morgan fingerprint density at radius 1 is 1.19 bits per heavy atom. The highest BCUT2D eigenvalue weighted by atomic mass is 16.5. The molecule has 0 fully saturated rings. The van der Waals surface area contributed by atoms with Crippen LogP contribution in [0.5, 0.6) is 5.75 Å². The van der Waals surface area contributed by atoms with Gasteiger partial charge in [0.05, 0.1) is 6.61 Å². The molecule has 0 amide bonds. The van der Waals surface area contributed by atoms with Gasteiger partial charge in [-0.2, -0.15) is 0 Å². The second-order valence-electron chi connectivity index (χ2n) is 3.70. The van der Waals surface area contributed by atoms with E-state index in [1.165, 1.54) is 0 Å². The van der Waals surface area contributed by atoms with Crippen molar-refractivity contribution in [2.75, 3.05) is 26.9 Å². The van der Waals surface area contributed by atoms with Crippen molar-refractivity contribution < 1.29 is 14.6 Å². The van der Waals surface area contributed by atoms with Crippen LogP contribution in [0.4, 0.5) is 0 Å². The van der Waals surface area contributed by atoms with Gasteiger partial charge in [-0.05, 0) is 24.1 Å². The van der Waals surface area contributed by atoms with E-state index in [1.54, 1.807) is 7.11 Å². The monoisotopic (exact) mass is 224 g/mol. The molecule has 0 bridgehead atoms.